The summed E-state index contributed by atoms with van der Waals surface area (Å²) in [6, 6.07) is 5.96. The van der Waals surface area contributed by atoms with Gasteiger partial charge in [0.15, 0.2) is 0 Å². The topological polar surface area (TPSA) is 35.9 Å². The van der Waals surface area contributed by atoms with Crippen LogP contribution >= 0.6 is 11.6 Å². The van der Waals surface area contributed by atoms with Gasteiger partial charge in [0.2, 0.25) is 5.91 Å². The smallest absolute Gasteiger partial charge is 0.230 e. The molecule has 1 saturated heterocycles. The van der Waals surface area contributed by atoms with E-state index < -0.39 is 0 Å². The second kappa shape index (κ2) is 11.2. The van der Waals surface area contributed by atoms with Crippen LogP contribution < -0.4 is 4.90 Å². The van der Waals surface area contributed by atoms with Crippen LogP contribution in [0.2, 0.25) is 5.02 Å². The Kier molecular flexibility index (Phi) is 8.58. The maximum absolute atomic E-state index is 13.5. The summed E-state index contributed by atoms with van der Waals surface area (Å²) in [5.74, 6) is 1.81. The number of piperidine rings is 1. The van der Waals surface area contributed by atoms with Crippen LogP contribution in [-0.4, -0.2) is 36.3 Å². The number of amides is 1. The zero-order valence-electron chi connectivity index (χ0n) is 20.2. The summed E-state index contributed by atoms with van der Waals surface area (Å²) < 4.78 is 0. The van der Waals surface area contributed by atoms with E-state index in [9.17, 15) is 4.79 Å². The zero-order valence-corrected chi connectivity index (χ0v) is 20.9. The fraction of sp³-hybridized carbons (Fsp3) is 0.556. The van der Waals surface area contributed by atoms with Crippen molar-refractivity contribution in [1.82, 2.24) is 4.90 Å². The molecule has 0 spiro atoms. The fourth-order valence-corrected chi connectivity index (χ4v) is 4.91. The van der Waals surface area contributed by atoms with Crippen LogP contribution in [0.1, 0.15) is 65.4 Å². The maximum atomic E-state index is 13.5. The molecule has 0 N–H and O–H groups in total. The number of allylic oxidation sites excluding steroid dienone is 2. The summed E-state index contributed by atoms with van der Waals surface area (Å²) in [6.45, 7) is 15.2. The van der Waals surface area contributed by atoms with Crippen molar-refractivity contribution in [2.45, 2.75) is 66.2 Å². The van der Waals surface area contributed by atoms with Crippen molar-refractivity contribution in [2.24, 2.45) is 16.8 Å². The lowest BCUT2D eigenvalue weighted by Gasteiger charge is -2.37. The summed E-state index contributed by atoms with van der Waals surface area (Å²) in [7, 11) is 0. The number of rotatable bonds is 5. The van der Waals surface area contributed by atoms with Crippen molar-refractivity contribution in [2.75, 3.05) is 24.5 Å². The molecule has 0 aromatic heterocycles. The number of hydrogen-bond acceptors (Lipinski definition) is 2. The predicted molar refractivity (Wildman–Crippen MR) is 137 cm³/mol. The standard InChI is InChI=1S/C27H38ClN3O/c1-6-20(4)26(29-21(5)17-19(2)3)30-15-12-22(13-16-30)27(32)31-14-8-7-9-23-18-24(28)10-11-25(23)31/h10-11,17-18,20,22H,5-9,12-16H2,1-4H3. The van der Waals surface area contributed by atoms with E-state index in [4.69, 9.17) is 16.6 Å². The molecule has 174 valence electrons. The van der Waals surface area contributed by atoms with Crippen molar-refractivity contribution < 1.29 is 4.79 Å². The van der Waals surface area contributed by atoms with Gasteiger partial charge in [0.05, 0.1) is 5.70 Å². The third-order valence-electron chi connectivity index (χ3n) is 6.61. The van der Waals surface area contributed by atoms with E-state index in [1.165, 1.54) is 11.1 Å². The van der Waals surface area contributed by atoms with E-state index in [0.29, 0.717) is 5.92 Å². The second-order valence-electron chi connectivity index (χ2n) is 9.47. The first kappa shape index (κ1) is 24.6. The van der Waals surface area contributed by atoms with E-state index in [2.05, 4.69) is 39.2 Å². The van der Waals surface area contributed by atoms with Gasteiger partial charge in [0.1, 0.15) is 5.84 Å². The van der Waals surface area contributed by atoms with Gasteiger partial charge >= 0.3 is 0 Å². The molecule has 0 radical (unpaired) electrons. The van der Waals surface area contributed by atoms with Crippen LogP contribution in [0.5, 0.6) is 0 Å². The molecule has 2 aliphatic heterocycles. The van der Waals surface area contributed by atoms with Crippen molar-refractivity contribution in [3.05, 3.63) is 52.7 Å². The summed E-state index contributed by atoms with van der Waals surface area (Å²) >= 11 is 6.22. The number of benzene rings is 1. The summed E-state index contributed by atoms with van der Waals surface area (Å²) in [4.78, 5) is 22.8. The quantitative estimate of drug-likeness (QED) is 0.283. The number of anilines is 1. The highest BCUT2D eigenvalue weighted by Gasteiger charge is 2.32. The molecule has 1 aromatic rings. The first-order valence-electron chi connectivity index (χ1n) is 12.1. The largest absolute Gasteiger partial charge is 0.360 e. The Balaban J connectivity index is 1.72. The van der Waals surface area contributed by atoms with Crippen LogP contribution in [0.3, 0.4) is 0 Å². The Morgan fingerprint density at radius 1 is 1.25 bits per heavy atom. The molecule has 0 saturated carbocycles. The van der Waals surface area contributed by atoms with Crippen LogP contribution in [0.25, 0.3) is 0 Å². The Morgan fingerprint density at radius 3 is 2.62 bits per heavy atom. The van der Waals surface area contributed by atoms with Crippen LogP contribution in [0.15, 0.2) is 47.1 Å². The van der Waals surface area contributed by atoms with Gasteiger partial charge in [0.25, 0.3) is 0 Å². The van der Waals surface area contributed by atoms with Crippen molar-refractivity contribution in [3.8, 4) is 0 Å². The molecular formula is C27H38ClN3O. The number of nitrogens with zero attached hydrogens (tertiary/aromatic N) is 3. The Morgan fingerprint density at radius 2 is 1.97 bits per heavy atom. The molecule has 1 fully saturated rings. The molecule has 32 heavy (non-hydrogen) atoms. The van der Waals surface area contributed by atoms with Gasteiger partial charge in [-0.3, -0.25) is 4.79 Å². The van der Waals surface area contributed by atoms with Gasteiger partial charge in [0, 0.05) is 42.2 Å². The zero-order chi connectivity index (χ0) is 23.3. The number of carbonyl (C=O) groups excluding carboxylic acids is 1. The van der Waals surface area contributed by atoms with Crippen LogP contribution in [-0.2, 0) is 11.2 Å². The first-order valence-corrected chi connectivity index (χ1v) is 12.4. The lowest BCUT2D eigenvalue weighted by molar-refractivity contribution is -0.123. The minimum Gasteiger partial charge on any atom is -0.360 e. The molecule has 1 amide bonds. The average molecular weight is 456 g/mol. The Labute approximate surface area is 199 Å². The molecule has 3 rings (SSSR count). The van der Waals surface area contributed by atoms with Gasteiger partial charge in [-0.1, -0.05) is 37.6 Å². The third kappa shape index (κ3) is 6.04. The van der Waals surface area contributed by atoms with Crippen molar-refractivity contribution >= 4 is 29.0 Å². The highest BCUT2D eigenvalue weighted by atomic mass is 35.5. The van der Waals surface area contributed by atoms with Crippen molar-refractivity contribution in [1.29, 1.82) is 0 Å². The Hall–Kier alpha value is -2.07. The second-order valence-corrected chi connectivity index (χ2v) is 9.91. The van der Waals surface area contributed by atoms with E-state index >= 15 is 0 Å². The van der Waals surface area contributed by atoms with E-state index in [0.717, 1.165) is 80.4 Å². The molecule has 2 heterocycles. The number of halogens is 1. The van der Waals surface area contributed by atoms with Crippen molar-refractivity contribution in [3.63, 3.8) is 0 Å². The van der Waals surface area contributed by atoms with E-state index in [1.54, 1.807) is 0 Å². The predicted octanol–water partition coefficient (Wildman–Crippen LogP) is 6.65. The number of hydrogen-bond donors (Lipinski definition) is 0. The highest BCUT2D eigenvalue weighted by Crippen LogP contribution is 2.32. The number of aryl methyl sites for hydroxylation is 1. The maximum Gasteiger partial charge on any atom is 0.230 e. The number of carbonyl (C=O) groups is 1. The molecule has 4 nitrogen and oxygen atoms in total. The Bertz CT molecular complexity index is 892. The molecule has 5 heteroatoms. The number of aliphatic imine (C=N–C) groups is 1. The van der Waals surface area contributed by atoms with Gasteiger partial charge < -0.3 is 9.80 Å². The van der Waals surface area contributed by atoms with Gasteiger partial charge in [-0.05, 0) is 82.2 Å². The van der Waals surface area contributed by atoms with Gasteiger partial charge in [-0.2, -0.15) is 0 Å². The molecule has 0 bridgehead atoms. The summed E-state index contributed by atoms with van der Waals surface area (Å²) in [6.07, 6.45) is 7.91. The van der Waals surface area contributed by atoms with Gasteiger partial charge in [-0.15, -0.1) is 0 Å². The number of fused-ring (bicyclic) bond motifs is 1. The van der Waals surface area contributed by atoms with E-state index in [1.807, 2.05) is 29.2 Å². The normalized spacial score (nSPS) is 18.6. The molecule has 1 unspecified atom stereocenters. The minimum absolute atomic E-state index is 0.0621. The highest BCUT2D eigenvalue weighted by molar-refractivity contribution is 6.30. The first-order chi connectivity index (χ1) is 15.3. The SMILES string of the molecule is C=C(C=C(C)C)N=C(C(C)CC)N1CCC(C(=O)N2CCCCc3cc(Cl)ccc32)CC1. The average Bonchev–Trinajstić information content (AvgIpc) is 2.98. The van der Waals surface area contributed by atoms with Gasteiger partial charge in [-0.25, -0.2) is 4.99 Å². The lowest BCUT2D eigenvalue weighted by Crippen LogP contribution is -2.46. The summed E-state index contributed by atoms with van der Waals surface area (Å²) in [5.41, 5.74) is 4.26. The molecule has 1 aromatic carbocycles. The number of amidine groups is 1. The van der Waals surface area contributed by atoms with Crippen LogP contribution in [0, 0.1) is 11.8 Å². The summed E-state index contributed by atoms with van der Waals surface area (Å²) in [5, 5.41) is 0.748. The molecule has 2 aliphatic rings. The number of likely N-dealkylation sites (tertiary alicyclic amines) is 1. The van der Waals surface area contributed by atoms with Crippen LogP contribution in [0.4, 0.5) is 5.69 Å². The molecular weight excluding hydrogens is 418 g/mol. The molecule has 0 aliphatic carbocycles. The third-order valence-corrected chi connectivity index (χ3v) is 6.85. The molecule has 1 atom stereocenters. The lowest BCUT2D eigenvalue weighted by atomic mass is 9.93. The minimum atomic E-state index is 0.0621. The fourth-order valence-electron chi connectivity index (χ4n) is 4.72. The van der Waals surface area contributed by atoms with E-state index in [-0.39, 0.29) is 11.8 Å². The monoisotopic (exact) mass is 455 g/mol.